The van der Waals surface area contributed by atoms with E-state index in [4.69, 9.17) is 17.3 Å². The summed E-state index contributed by atoms with van der Waals surface area (Å²) in [7, 11) is 0. The lowest BCUT2D eigenvalue weighted by Gasteiger charge is -2.27. The third kappa shape index (κ3) is 3.01. The summed E-state index contributed by atoms with van der Waals surface area (Å²) in [6.07, 6.45) is 15.0. The van der Waals surface area contributed by atoms with Gasteiger partial charge in [0, 0.05) is 25.0 Å². The largest absolute Gasteiger partial charge is 0.511 e. The molecule has 1 aromatic heterocycles. The molecule has 2 fully saturated rings. The van der Waals surface area contributed by atoms with Crippen molar-refractivity contribution in [1.29, 1.82) is 0 Å². The molecule has 0 amide bonds. The molecule has 31 heavy (non-hydrogen) atoms. The van der Waals surface area contributed by atoms with Crippen LogP contribution in [0.4, 0.5) is 14.9 Å². The smallest absolute Gasteiger partial charge is 0.449 e. The molecule has 2 unspecified atom stereocenters. The molecule has 3 N–H and O–H groups in total. The Hall–Kier alpha value is -3.57. The van der Waals surface area contributed by atoms with Crippen LogP contribution < -0.4 is 20.8 Å². The normalized spacial score (nSPS) is 24.3. The number of anilines is 1. The standard InChI is InChI=1S/C23H20FN3O4/c1-2-15-19-16(21(28)18(31-22(29)30)11-27(19)14-6-7-14)9-17(24)20(15)26-10-13-5-3-4-8-23(13,25)12-26/h1,3-5,8-9,11,13-14H,6-7,10,12,25H2,(H,29,30). The molecule has 1 saturated heterocycles. The minimum absolute atomic E-state index is 0.00119. The quantitative estimate of drug-likeness (QED) is 0.584. The van der Waals surface area contributed by atoms with E-state index in [9.17, 15) is 9.59 Å². The Bertz CT molecular complexity index is 1280. The second-order valence-electron chi connectivity index (χ2n) is 8.29. The van der Waals surface area contributed by atoms with Gasteiger partial charge in [-0.25, -0.2) is 9.18 Å². The van der Waals surface area contributed by atoms with Crippen LogP contribution in [-0.4, -0.2) is 34.5 Å². The van der Waals surface area contributed by atoms with Gasteiger partial charge in [0.25, 0.3) is 0 Å². The highest BCUT2D eigenvalue weighted by Gasteiger charge is 2.43. The number of benzene rings is 1. The molecule has 2 heterocycles. The number of rotatable bonds is 3. The molecule has 5 rings (SSSR count). The number of aromatic nitrogens is 1. The maximum Gasteiger partial charge on any atom is 0.511 e. The molecule has 7 nitrogen and oxygen atoms in total. The van der Waals surface area contributed by atoms with Crippen molar-refractivity contribution in [3.63, 3.8) is 0 Å². The SMILES string of the molecule is C#Cc1c(N2CC3C=CC=CC3(N)C2)c(F)cc2c(=O)c(OC(=O)O)cn(C3CC3)c12. The number of nitrogens with zero attached hydrogens (tertiary/aromatic N) is 2. The van der Waals surface area contributed by atoms with E-state index in [1.165, 1.54) is 6.20 Å². The average molecular weight is 421 g/mol. The highest BCUT2D eigenvalue weighted by molar-refractivity contribution is 5.92. The maximum absolute atomic E-state index is 15.4. The lowest BCUT2D eigenvalue weighted by molar-refractivity contribution is 0.143. The van der Waals surface area contributed by atoms with Gasteiger partial charge in [0.05, 0.1) is 33.9 Å². The van der Waals surface area contributed by atoms with Crippen LogP contribution in [0.3, 0.4) is 0 Å². The van der Waals surface area contributed by atoms with E-state index in [1.54, 1.807) is 4.57 Å². The number of fused-ring (bicyclic) bond motifs is 2. The number of hydrogen-bond donors (Lipinski definition) is 2. The number of hydrogen-bond acceptors (Lipinski definition) is 5. The predicted octanol–water partition coefficient (Wildman–Crippen LogP) is 2.77. The monoisotopic (exact) mass is 421 g/mol. The van der Waals surface area contributed by atoms with Gasteiger partial charge >= 0.3 is 6.16 Å². The highest BCUT2D eigenvalue weighted by Crippen LogP contribution is 2.42. The van der Waals surface area contributed by atoms with Gasteiger partial charge in [-0.3, -0.25) is 4.79 Å². The van der Waals surface area contributed by atoms with Crippen molar-refractivity contribution in [2.24, 2.45) is 11.7 Å². The van der Waals surface area contributed by atoms with Gasteiger partial charge in [-0.15, -0.1) is 6.42 Å². The van der Waals surface area contributed by atoms with Gasteiger partial charge < -0.3 is 25.0 Å². The zero-order valence-electron chi connectivity index (χ0n) is 16.5. The third-order valence-electron chi connectivity index (χ3n) is 6.24. The van der Waals surface area contributed by atoms with Crippen molar-refractivity contribution in [3.8, 4) is 18.1 Å². The molecule has 2 atom stereocenters. The molecule has 0 radical (unpaired) electrons. The number of halogens is 1. The summed E-state index contributed by atoms with van der Waals surface area (Å²) in [4.78, 5) is 25.7. The van der Waals surface area contributed by atoms with Gasteiger partial charge in [0.1, 0.15) is 5.82 Å². The fourth-order valence-corrected chi connectivity index (χ4v) is 4.65. The summed E-state index contributed by atoms with van der Waals surface area (Å²) in [5, 5.41) is 8.97. The lowest BCUT2D eigenvalue weighted by Crippen LogP contribution is -2.46. The van der Waals surface area contributed by atoms with E-state index < -0.39 is 22.9 Å². The number of allylic oxidation sites excluding steroid dienone is 2. The third-order valence-corrected chi connectivity index (χ3v) is 6.24. The molecule has 1 aliphatic heterocycles. The average Bonchev–Trinajstić information content (AvgIpc) is 3.50. The first-order valence-electron chi connectivity index (χ1n) is 10.0. The number of terminal acetylenes is 1. The number of nitrogens with two attached hydrogens (primary N) is 1. The van der Waals surface area contributed by atoms with Gasteiger partial charge in [-0.05, 0) is 18.9 Å². The summed E-state index contributed by atoms with van der Waals surface area (Å²) in [5.74, 6) is 1.57. The Balaban J connectivity index is 1.74. The van der Waals surface area contributed by atoms with Crippen molar-refractivity contribution in [2.75, 3.05) is 18.0 Å². The Labute approximate surface area is 177 Å². The molecule has 3 aliphatic rings. The number of carboxylic acid groups (broad SMARTS) is 1. The van der Waals surface area contributed by atoms with Crippen molar-refractivity contribution < 1.29 is 19.0 Å². The second-order valence-corrected chi connectivity index (χ2v) is 8.29. The van der Waals surface area contributed by atoms with Crippen molar-refractivity contribution in [3.05, 3.63) is 58.2 Å². The van der Waals surface area contributed by atoms with E-state index in [0.29, 0.717) is 18.6 Å². The molecule has 0 spiro atoms. The van der Waals surface area contributed by atoms with Gasteiger partial charge in [-0.1, -0.05) is 30.2 Å². The first-order valence-corrected chi connectivity index (χ1v) is 10.0. The Morgan fingerprint density at radius 3 is 2.81 bits per heavy atom. The first kappa shape index (κ1) is 19.4. The summed E-state index contributed by atoms with van der Waals surface area (Å²) in [6.45, 7) is 0.867. The summed E-state index contributed by atoms with van der Waals surface area (Å²) in [5.41, 5.74) is 6.11. The number of ether oxygens (including phenoxy) is 1. The van der Waals surface area contributed by atoms with Gasteiger partial charge in [0.2, 0.25) is 5.43 Å². The molecule has 1 saturated carbocycles. The lowest BCUT2D eigenvalue weighted by atomic mass is 9.85. The van der Waals surface area contributed by atoms with E-state index in [1.807, 2.05) is 29.2 Å². The van der Waals surface area contributed by atoms with Crippen LogP contribution in [0.25, 0.3) is 10.9 Å². The summed E-state index contributed by atoms with van der Waals surface area (Å²) in [6, 6.07) is 1.16. The topological polar surface area (TPSA) is 97.8 Å². The van der Waals surface area contributed by atoms with E-state index in [2.05, 4.69) is 10.7 Å². The molecular formula is C23H20FN3O4. The van der Waals surface area contributed by atoms with Gasteiger partial charge in [-0.2, -0.15) is 0 Å². The summed E-state index contributed by atoms with van der Waals surface area (Å²) < 4.78 is 21.8. The summed E-state index contributed by atoms with van der Waals surface area (Å²) >= 11 is 0. The van der Waals surface area contributed by atoms with Gasteiger partial charge in [0.15, 0.2) is 5.75 Å². The van der Waals surface area contributed by atoms with Crippen molar-refractivity contribution in [2.45, 2.75) is 24.4 Å². The Morgan fingerprint density at radius 2 is 2.16 bits per heavy atom. The maximum atomic E-state index is 15.4. The molecule has 8 heteroatoms. The number of pyridine rings is 1. The van der Waals surface area contributed by atoms with E-state index in [0.717, 1.165) is 18.9 Å². The fourth-order valence-electron chi connectivity index (χ4n) is 4.65. The van der Waals surface area contributed by atoms with Crippen molar-refractivity contribution >= 4 is 22.7 Å². The molecule has 1 aromatic carbocycles. The van der Waals surface area contributed by atoms with E-state index >= 15 is 4.39 Å². The fraction of sp³-hybridized carbons (Fsp3) is 0.304. The van der Waals surface area contributed by atoms with Crippen molar-refractivity contribution in [1.82, 2.24) is 4.57 Å². The van der Waals surface area contributed by atoms with Crippen LogP contribution in [0.5, 0.6) is 5.75 Å². The van der Waals surface area contributed by atoms with Crippen LogP contribution >= 0.6 is 0 Å². The number of carbonyl (C=O) groups is 1. The minimum Gasteiger partial charge on any atom is -0.449 e. The molecule has 158 valence electrons. The van der Waals surface area contributed by atoms with Crippen LogP contribution in [0.15, 0.2) is 41.4 Å². The molecule has 2 aliphatic carbocycles. The molecule has 0 bridgehead atoms. The predicted molar refractivity (Wildman–Crippen MR) is 114 cm³/mol. The zero-order valence-corrected chi connectivity index (χ0v) is 16.5. The Kier molecular flexibility index (Phi) is 4.21. The highest BCUT2D eigenvalue weighted by atomic mass is 19.1. The van der Waals surface area contributed by atoms with Crippen LogP contribution in [0, 0.1) is 24.1 Å². The first-order chi connectivity index (χ1) is 14.8. The van der Waals surface area contributed by atoms with Crippen LogP contribution in [0.1, 0.15) is 24.4 Å². The molecular weight excluding hydrogens is 401 g/mol. The van der Waals surface area contributed by atoms with Crippen LogP contribution in [0.2, 0.25) is 0 Å². The molecule has 2 aromatic rings. The second kappa shape index (κ2) is 6.72. The Morgan fingerprint density at radius 1 is 1.39 bits per heavy atom. The zero-order chi connectivity index (χ0) is 21.9. The minimum atomic E-state index is -1.61. The van der Waals surface area contributed by atoms with E-state index in [-0.39, 0.29) is 34.3 Å². The van der Waals surface area contributed by atoms with Crippen LogP contribution in [-0.2, 0) is 0 Å².